The molecule has 0 aromatic heterocycles. The molecule has 1 fully saturated rings. The lowest BCUT2D eigenvalue weighted by atomic mass is 9.70. The quantitative estimate of drug-likeness (QED) is 0.358. The van der Waals surface area contributed by atoms with Crippen molar-refractivity contribution in [2.24, 2.45) is 17.2 Å². The summed E-state index contributed by atoms with van der Waals surface area (Å²) in [6, 6.07) is 0.558. The molecular formula is C17H36N2. The van der Waals surface area contributed by atoms with Gasteiger partial charge >= 0.3 is 0 Å². The number of hydrogen-bond donors (Lipinski definition) is 2. The molecule has 0 heterocycles. The van der Waals surface area contributed by atoms with E-state index in [0.29, 0.717) is 11.5 Å². The Balaban J connectivity index is 2.15. The van der Waals surface area contributed by atoms with E-state index in [9.17, 15) is 0 Å². The summed E-state index contributed by atoms with van der Waals surface area (Å²) >= 11 is 0. The first kappa shape index (κ1) is 17.0. The van der Waals surface area contributed by atoms with Crippen molar-refractivity contribution < 1.29 is 0 Å². The summed E-state index contributed by atoms with van der Waals surface area (Å²) in [5, 5.41) is 0. The minimum absolute atomic E-state index is 0.558. The predicted octanol–water partition coefficient (Wildman–Crippen LogP) is 4.79. The molecular weight excluding hydrogens is 232 g/mol. The summed E-state index contributed by atoms with van der Waals surface area (Å²) in [5.74, 6) is 6.60. The maximum absolute atomic E-state index is 5.78. The predicted molar refractivity (Wildman–Crippen MR) is 84.8 cm³/mol. The number of nitrogens with one attached hydrogen (secondary N) is 1. The van der Waals surface area contributed by atoms with Crippen LogP contribution < -0.4 is 11.3 Å². The Hall–Kier alpha value is -0.0800. The molecule has 19 heavy (non-hydrogen) atoms. The number of nitrogens with two attached hydrogens (primary N) is 1. The highest BCUT2D eigenvalue weighted by atomic mass is 15.2. The first-order valence-electron chi connectivity index (χ1n) is 8.55. The summed E-state index contributed by atoms with van der Waals surface area (Å²) in [4.78, 5) is 0. The van der Waals surface area contributed by atoms with Crippen molar-refractivity contribution in [2.75, 3.05) is 0 Å². The third-order valence-electron chi connectivity index (χ3n) is 5.04. The molecule has 0 spiro atoms. The van der Waals surface area contributed by atoms with Crippen LogP contribution in [0.3, 0.4) is 0 Å². The molecule has 1 unspecified atom stereocenters. The Kier molecular flexibility index (Phi) is 8.01. The topological polar surface area (TPSA) is 38.0 Å². The Bertz CT molecular complexity index is 215. The maximum Gasteiger partial charge on any atom is 0.0238 e. The maximum atomic E-state index is 5.78. The van der Waals surface area contributed by atoms with Crippen molar-refractivity contribution in [3.63, 3.8) is 0 Å². The Morgan fingerprint density at radius 2 is 1.63 bits per heavy atom. The second-order valence-corrected chi connectivity index (χ2v) is 7.33. The van der Waals surface area contributed by atoms with Crippen LogP contribution in [0.2, 0.25) is 0 Å². The number of hydrazine groups is 1. The van der Waals surface area contributed by atoms with Crippen LogP contribution >= 0.6 is 0 Å². The summed E-state index contributed by atoms with van der Waals surface area (Å²) in [6.07, 6.45) is 15.0. The smallest absolute Gasteiger partial charge is 0.0238 e. The highest BCUT2D eigenvalue weighted by Crippen LogP contribution is 2.39. The molecule has 0 aliphatic heterocycles. The number of unbranched alkanes of at least 4 members (excludes halogenated alkanes) is 5. The fourth-order valence-electron chi connectivity index (χ4n) is 3.42. The van der Waals surface area contributed by atoms with Gasteiger partial charge in [-0.2, -0.15) is 0 Å². The van der Waals surface area contributed by atoms with Gasteiger partial charge in [-0.15, -0.1) is 0 Å². The van der Waals surface area contributed by atoms with Crippen LogP contribution in [0, 0.1) is 11.3 Å². The van der Waals surface area contributed by atoms with Crippen LogP contribution in [0.25, 0.3) is 0 Å². The minimum atomic E-state index is 0.558. The van der Waals surface area contributed by atoms with Crippen molar-refractivity contribution in [2.45, 2.75) is 97.4 Å². The van der Waals surface area contributed by atoms with E-state index in [4.69, 9.17) is 5.84 Å². The zero-order valence-electron chi connectivity index (χ0n) is 13.5. The molecule has 0 amide bonds. The molecule has 1 rings (SSSR count). The lowest BCUT2D eigenvalue weighted by molar-refractivity contribution is 0.156. The number of rotatable bonds is 9. The average Bonchev–Trinajstić information content (AvgIpc) is 2.39. The van der Waals surface area contributed by atoms with Crippen LogP contribution in [-0.4, -0.2) is 6.04 Å². The van der Waals surface area contributed by atoms with Crippen LogP contribution in [0.15, 0.2) is 0 Å². The third kappa shape index (κ3) is 6.76. The monoisotopic (exact) mass is 268 g/mol. The molecule has 114 valence electrons. The van der Waals surface area contributed by atoms with Crippen molar-refractivity contribution >= 4 is 0 Å². The van der Waals surface area contributed by atoms with Gasteiger partial charge in [0.05, 0.1) is 0 Å². The van der Waals surface area contributed by atoms with E-state index in [-0.39, 0.29) is 0 Å². The highest BCUT2D eigenvalue weighted by molar-refractivity contribution is 4.84. The molecule has 1 aliphatic carbocycles. The van der Waals surface area contributed by atoms with E-state index in [0.717, 1.165) is 5.92 Å². The zero-order valence-corrected chi connectivity index (χ0v) is 13.5. The van der Waals surface area contributed by atoms with Crippen molar-refractivity contribution in [1.82, 2.24) is 5.43 Å². The largest absolute Gasteiger partial charge is 0.271 e. The van der Waals surface area contributed by atoms with Gasteiger partial charge in [0.2, 0.25) is 0 Å². The van der Waals surface area contributed by atoms with Crippen LogP contribution in [-0.2, 0) is 0 Å². The second-order valence-electron chi connectivity index (χ2n) is 7.33. The molecule has 0 aromatic rings. The summed E-state index contributed by atoms with van der Waals surface area (Å²) < 4.78 is 0. The van der Waals surface area contributed by atoms with E-state index in [1.807, 2.05) is 0 Å². The molecule has 0 radical (unpaired) electrons. The zero-order chi connectivity index (χ0) is 14.1. The van der Waals surface area contributed by atoms with Crippen LogP contribution in [0.5, 0.6) is 0 Å². The van der Waals surface area contributed by atoms with Crippen LogP contribution in [0.4, 0.5) is 0 Å². The van der Waals surface area contributed by atoms with E-state index >= 15 is 0 Å². The van der Waals surface area contributed by atoms with E-state index in [1.165, 1.54) is 70.6 Å². The van der Waals surface area contributed by atoms with Gasteiger partial charge in [0.25, 0.3) is 0 Å². The molecule has 0 bridgehead atoms. The molecule has 0 aromatic carbocycles. The molecule has 3 N–H and O–H groups in total. The fraction of sp³-hybridized carbons (Fsp3) is 1.00. The second kappa shape index (κ2) is 8.97. The minimum Gasteiger partial charge on any atom is -0.271 e. The Morgan fingerprint density at radius 1 is 1.05 bits per heavy atom. The van der Waals surface area contributed by atoms with Gasteiger partial charge in [-0.3, -0.25) is 11.3 Å². The summed E-state index contributed by atoms with van der Waals surface area (Å²) in [5.41, 5.74) is 3.67. The first-order chi connectivity index (χ1) is 9.09. The van der Waals surface area contributed by atoms with E-state index in [1.54, 1.807) is 0 Å². The molecule has 1 atom stereocenters. The SMILES string of the molecule is CCCCCCCCC(NN)C1CCC(C)(C)CC1. The van der Waals surface area contributed by atoms with E-state index < -0.39 is 0 Å². The highest BCUT2D eigenvalue weighted by Gasteiger charge is 2.30. The van der Waals surface area contributed by atoms with Crippen molar-refractivity contribution in [3.05, 3.63) is 0 Å². The van der Waals surface area contributed by atoms with Gasteiger partial charge in [0.15, 0.2) is 0 Å². The van der Waals surface area contributed by atoms with Gasteiger partial charge < -0.3 is 0 Å². The molecule has 0 saturated heterocycles. The standard InChI is InChI=1S/C17H36N2/c1-4-5-6-7-8-9-10-16(19-18)15-11-13-17(2,3)14-12-15/h15-16,19H,4-14,18H2,1-3H3. The molecule has 1 aliphatic rings. The van der Waals surface area contributed by atoms with Gasteiger partial charge in [-0.05, 0) is 43.4 Å². The Labute approximate surface area is 120 Å². The molecule has 2 heteroatoms. The first-order valence-corrected chi connectivity index (χ1v) is 8.55. The van der Waals surface area contributed by atoms with Gasteiger partial charge in [-0.1, -0.05) is 59.3 Å². The van der Waals surface area contributed by atoms with Gasteiger partial charge in [0.1, 0.15) is 0 Å². The lowest BCUT2D eigenvalue weighted by Gasteiger charge is -2.37. The lowest BCUT2D eigenvalue weighted by Crippen LogP contribution is -2.43. The van der Waals surface area contributed by atoms with Gasteiger partial charge in [0, 0.05) is 6.04 Å². The van der Waals surface area contributed by atoms with Crippen molar-refractivity contribution in [1.29, 1.82) is 0 Å². The van der Waals surface area contributed by atoms with Crippen molar-refractivity contribution in [3.8, 4) is 0 Å². The third-order valence-corrected chi connectivity index (χ3v) is 5.04. The van der Waals surface area contributed by atoms with E-state index in [2.05, 4.69) is 26.2 Å². The Morgan fingerprint density at radius 3 is 2.21 bits per heavy atom. The summed E-state index contributed by atoms with van der Waals surface area (Å²) in [7, 11) is 0. The molecule has 2 nitrogen and oxygen atoms in total. The van der Waals surface area contributed by atoms with Crippen LogP contribution in [0.1, 0.15) is 91.4 Å². The van der Waals surface area contributed by atoms with Gasteiger partial charge in [-0.25, -0.2) is 0 Å². The summed E-state index contributed by atoms with van der Waals surface area (Å²) in [6.45, 7) is 7.09. The normalized spacial score (nSPS) is 21.5. The fourth-order valence-corrected chi connectivity index (χ4v) is 3.42. The average molecular weight is 268 g/mol. The number of hydrogen-bond acceptors (Lipinski definition) is 2. The molecule has 1 saturated carbocycles.